The summed E-state index contributed by atoms with van der Waals surface area (Å²) in [7, 11) is 0. The molecule has 1 heterocycles. The number of carboxylic acid groups (broad SMARTS) is 1. The number of carbonyl (C=O) groups is 2. The minimum atomic E-state index is -1.36. The first-order chi connectivity index (χ1) is 19.2. The van der Waals surface area contributed by atoms with Gasteiger partial charge in [-0.05, 0) is 85.4 Å². The van der Waals surface area contributed by atoms with Crippen molar-refractivity contribution >= 4 is 11.8 Å². The third-order valence-corrected chi connectivity index (χ3v) is 14.1. The van der Waals surface area contributed by atoms with Crippen LogP contribution in [0.1, 0.15) is 98.8 Å². The molecule has 230 valence electrons. The molecule has 0 aromatic carbocycles. The largest absolute Gasteiger partial charge is 0.481 e. The highest BCUT2D eigenvalue weighted by molar-refractivity contribution is 5.85. The fourth-order valence-corrected chi connectivity index (χ4v) is 12.1. The van der Waals surface area contributed by atoms with E-state index in [1.165, 1.54) is 5.57 Å². The lowest BCUT2D eigenvalue weighted by Crippen LogP contribution is -2.63. The third kappa shape index (κ3) is 4.11. The molecule has 4 saturated carbocycles. The van der Waals surface area contributed by atoms with Crippen LogP contribution < -0.4 is 0 Å². The van der Waals surface area contributed by atoms with Crippen molar-refractivity contribution in [3.63, 3.8) is 0 Å². The molecule has 5 fully saturated rings. The fourth-order valence-electron chi connectivity index (χ4n) is 12.1. The number of ketones is 1. The van der Waals surface area contributed by atoms with Gasteiger partial charge in [0.1, 0.15) is 23.9 Å². The molecule has 7 heteroatoms. The first-order valence-electron chi connectivity index (χ1n) is 16.3. The van der Waals surface area contributed by atoms with Gasteiger partial charge in [-0.1, -0.05) is 59.1 Å². The second kappa shape index (κ2) is 9.87. The quantitative estimate of drug-likeness (QED) is 0.267. The van der Waals surface area contributed by atoms with Crippen molar-refractivity contribution in [3.05, 3.63) is 11.6 Å². The monoisotopic (exact) mass is 572 g/mol. The van der Waals surface area contributed by atoms with Gasteiger partial charge in [0.05, 0.1) is 18.8 Å². The van der Waals surface area contributed by atoms with Crippen LogP contribution in [0.25, 0.3) is 0 Å². The molecule has 41 heavy (non-hydrogen) atoms. The number of Topliss-reactive ketones (excluding diaryl/α,β-unsaturated/α-hetero) is 1. The van der Waals surface area contributed by atoms with Crippen molar-refractivity contribution in [2.45, 2.75) is 123 Å². The molecule has 0 radical (unpaired) electrons. The highest BCUT2D eigenvalue weighted by Crippen LogP contribution is 2.72. The van der Waals surface area contributed by atoms with Gasteiger partial charge in [0.25, 0.3) is 0 Å². The average Bonchev–Trinajstić information content (AvgIpc) is 3.70. The van der Waals surface area contributed by atoms with Gasteiger partial charge < -0.3 is 25.2 Å². The summed E-state index contributed by atoms with van der Waals surface area (Å²) in [6, 6.07) is 0. The molecular formula is C34H52O7. The van der Waals surface area contributed by atoms with E-state index in [-0.39, 0.29) is 28.8 Å². The number of aliphatic hydroxyl groups is 3. The standard InChI is InChI=1S/C34H52O7/c1-18-7-6-13-34(29(38)25(30(39)40)27(37)28-21(17-35)41-28)16-10-20-19(26(18)34)8-9-23-32(20,4)14-11-22-31(2,3)24(36)12-15-33(22,23)5/h8,18,20-23,25-29,35,37-38H,6-7,9-17H2,1-5H3,(H,39,40)/t18?,20?,21?,22?,23?,25-,26?,27?,28?,29?,32?,33?,34?/m0/s1. The summed E-state index contributed by atoms with van der Waals surface area (Å²) >= 11 is 0. The van der Waals surface area contributed by atoms with E-state index in [9.17, 15) is 30.0 Å². The van der Waals surface area contributed by atoms with Gasteiger partial charge in [-0.2, -0.15) is 0 Å². The summed E-state index contributed by atoms with van der Waals surface area (Å²) in [5.74, 6) is -0.444. The molecule has 0 amide bonds. The van der Waals surface area contributed by atoms with E-state index in [1.807, 2.05) is 0 Å². The zero-order chi connectivity index (χ0) is 29.7. The number of fused-ring (bicyclic) bond motifs is 7. The lowest BCUT2D eigenvalue weighted by Gasteiger charge is -2.68. The van der Waals surface area contributed by atoms with E-state index in [0.29, 0.717) is 35.9 Å². The first-order valence-corrected chi connectivity index (χ1v) is 16.3. The molecule has 0 bridgehead atoms. The Morgan fingerprint density at radius 1 is 1.02 bits per heavy atom. The van der Waals surface area contributed by atoms with Crippen LogP contribution in [-0.4, -0.2) is 63.2 Å². The topological polar surface area (TPSA) is 128 Å². The molecule has 7 nitrogen and oxygen atoms in total. The van der Waals surface area contributed by atoms with E-state index in [4.69, 9.17) is 4.74 Å². The normalized spacial score (nSPS) is 48.8. The lowest BCUT2D eigenvalue weighted by atomic mass is 9.37. The van der Waals surface area contributed by atoms with Crippen LogP contribution in [0.3, 0.4) is 0 Å². The zero-order valence-corrected chi connectivity index (χ0v) is 25.6. The first kappa shape index (κ1) is 29.8. The number of hydrogen-bond acceptors (Lipinski definition) is 6. The fraction of sp³-hybridized carbons (Fsp3) is 0.882. The molecule has 13 atom stereocenters. The van der Waals surface area contributed by atoms with Crippen molar-refractivity contribution in [3.8, 4) is 0 Å². The van der Waals surface area contributed by atoms with Crippen molar-refractivity contribution in [1.82, 2.24) is 0 Å². The summed E-state index contributed by atoms with van der Waals surface area (Å²) in [5, 5.41) is 42.9. The molecule has 6 rings (SSSR count). The van der Waals surface area contributed by atoms with E-state index in [2.05, 4.69) is 40.7 Å². The minimum Gasteiger partial charge on any atom is -0.481 e. The zero-order valence-electron chi connectivity index (χ0n) is 25.6. The predicted molar refractivity (Wildman–Crippen MR) is 154 cm³/mol. The molecule has 4 N–H and O–H groups in total. The summed E-state index contributed by atoms with van der Waals surface area (Å²) in [5.41, 5.74) is 0.780. The van der Waals surface area contributed by atoms with Crippen LogP contribution in [0.4, 0.5) is 0 Å². The molecule has 5 aliphatic carbocycles. The molecule has 12 unspecified atom stereocenters. The maximum absolute atomic E-state index is 13.0. The molecule has 0 aromatic rings. The number of ether oxygens (including phenoxy) is 1. The van der Waals surface area contributed by atoms with Crippen LogP contribution >= 0.6 is 0 Å². The van der Waals surface area contributed by atoms with Gasteiger partial charge in [-0.3, -0.25) is 9.59 Å². The highest BCUT2D eigenvalue weighted by Gasteiger charge is 2.66. The van der Waals surface area contributed by atoms with Crippen molar-refractivity contribution in [2.24, 2.45) is 57.2 Å². The summed E-state index contributed by atoms with van der Waals surface area (Å²) in [4.78, 5) is 25.6. The smallest absolute Gasteiger partial charge is 0.311 e. The number of carboxylic acids is 1. The number of hydrogen-bond donors (Lipinski definition) is 4. The molecule has 0 spiro atoms. The number of aliphatic hydroxyl groups excluding tert-OH is 3. The number of aliphatic carboxylic acids is 1. The van der Waals surface area contributed by atoms with Crippen LogP contribution in [0.2, 0.25) is 0 Å². The minimum absolute atomic E-state index is 0.0838. The third-order valence-electron chi connectivity index (χ3n) is 14.1. The van der Waals surface area contributed by atoms with Gasteiger partial charge in [0.15, 0.2) is 0 Å². The maximum atomic E-state index is 13.0. The second-order valence-corrected chi connectivity index (χ2v) is 16.0. The number of allylic oxidation sites excluding steroid dienone is 2. The molecule has 6 aliphatic rings. The predicted octanol–water partition coefficient (Wildman–Crippen LogP) is 4.76. The summed E-state index contributed by atoms with van der Waals surface area (Å²) < 4.78 is 5.38. The maximum Gasteiger partial charge on any atom is 0.311 e. The lowest BCUT2D eigenvalue weighted by molar-refractivity contribution is -0.182. The van der Waals surface area contributed by atoms with Crippen LogP contribution in [0.5, 0.6) is 0 Å². The number of carbonyl (C=O) groups excluding carboxylic acids is 1. The summed E-state index contributed by atoms with van der Waals surface area (Å²) in [6.07, 6.45) is 7.83. The van der Waals surface area contributed by atoms with Crippen LogP contribution in [-0.2, 0) is 14.3 Å². The van der Waals surface area contributed by atoms with E-state index in [1.54, 1.807) is 0 Å². The van der Waals surface area contributed by atoms with Crippen LogP contribution in [0.15, 0.2) is 11.6 Å². The Morgan fingerprint density at radius 2 is 1.76 bits per heavy atom. The van der Waals surface area contributed by atoms with Crippen molar-refractivity contribution < 1.29 is 34.8 Å². The molecule has 1 saturated heterocycles. The number of epoxide rings is 1. The Hall–Kier alpha value is -1.28. The average molecular weight is 573 g/mol. The van der Waals surface area contributed by atoms with Gasteiger partial charge in [-0.25, -0.2) is 0 Å². The Balaban J connectivity index is 1.36. The van der Waals surface area contributed by atoms with E-state index in [0.717, 1.165) is 57.8 Å². The Morgan fingerprint density at radius 3 is 2.41 bits per heavy atom. The van der Waals surface area contributed by atoms with E-state index >= 15 is 0 Å². The van der Waals surface area contributed by atoms with Gasteiger partial charge in [-0.15, -0.1) is 0 Å². The highest BCUT2D eigenvalue weighted by atomic mass is 16.6. The molecule has 1 aliphatic heterocycles. The SMILES string of the molecule is CC1CCCC2(C(O)[C@@H](C(=O)O)C(O)C3OC3CO)CCC3C(=CCC4C3(C)CCC3C(C)(C)C(=O)CCC34C)C12. The van der Waals surface area contributed by atoms with Crippen molar-refractivity contribution in [2.75, 3.05) is 6.61 Å². The Kier molecular flexibility index (Phi) is 7.17. The van der Waals surface area contributed by atoms with Gasteiger partial charge in [0.2, 0.25) is 0 Å². The van der Waals surface area contributed by atoms with Crippen molar-refractivity contribution in [1.29, 1.82) is 0 Å². The second-order valence-electron chi connectivity index (χ2n) is 16.0. The Labute approximate surface area is 245 Å². The van der Waals surface area contributed by atoms with Crippen LogP contribution in [0, 0.1) is 57.2 Å². The van der Waals surface area contributed by atoms with E-state index < -0.39 is 41.7 Å². The molecule has 0 aromatic heterocycles. The van der Waals surface area contributed by atoms with Gasteiger partial charge in [0, 0.05) is 17.3 Å². The summed E-state index contributed by atoms with van der Waals surface area (Å²) in [6.45, 7) is 11.3. The number of rotatable bonds is 6. The Bertz CT molecular complexity index is 1110. The molecular weight excluding hydrogens is 520 g/mol. The van der Waals surface area contributed by atoms with Gasteiger partial charge >= 0.3 is 5.97 Å².